The van der Waals surface area contributed by atoms with E-state index in [0.29, 0.717) is 30.6 Å². The number of rotatable bonds is 6. The molecule has 1 fully saturated rings. The summed E-state index contributed by atoms with van der Waals surface area (Å²) < 4.78 is 23.1. The Kier molecular flexibility index (Phi) is 5.87. The molecule has 0 aliphatic heterocycles. The van der Waals surface area contributed by atoms with Gasteiger partial charge < -0.3 is 5.11 Å². The molecule has 3 atom stereocenters. The molecule has 0 aromatic heterocycles. The number of sulfone groups is 1. The standard InChI is InChI=1S/C15H30O3S/c1-5-19(17,18)10-6-9-15(16)11-13(4)7-8-14(15)12(2)3/h12-14,16H,5-11H2,1-4H3. The van der Waals surface area contributed by atoms with Gasteiger partial charge in [-0.15, -0.1) is 0 Å². The molecule has 0 heterocycles. The quantitative estimate of drug-likeness (QED) is 0.818. The van der Waals surface area contributed by atoms with E-state index >= 15 is 0 Å². The van der Waals surface area contributed by atoms with Crippen LogP contribution in [0.25, 0.3) is 0 Å². The van der Waals surface area contributed by atoms with Gasteiger partial charge in [-0.3, -0.25) is 0 Å². The first-order chi connectivity index (χ1) is 8.70. The molecule has 0 saturated heterocycles. The highest BCUT2D eigenvalue weighted by molar-refractivity contribution is 7.91. The van der Waals surface area contributed by atoms with E-state index in [1.54, 1.807) is 6.92 Å². The van der Waals surface area contributed by atoms with Crippen LogP contribution in [-0.4, -0.2) is 30.6 Å². The van der Waals surface area contributed by atoms with Gasteiger partial charge in [0.25, 0.3) is 0 Å². The van der Waals surface area contributed by atoms with Gasteiger partial charge in [0.1, 0.15) is 9.84 Å². The monoisotopic (exact) mass is 290 g/mol. The molecule has 0 amide bonds. The van der Waals surface area contributed by atoms with Crippen LogP contribution < -0.4 is 0 Å². The van der Waals surface area contributed by atoms with Crippen LogP contribution in [0.1, 0.15) is 59.8 Å². The number of aliphatic hydroxyl groups is 1. The van der Waals surface area contributed by atoms with Crippen molar-refractivity contribution in [1.82, 2.24) is 0 Å². The predicted molar refractivity (Wildman–Crippen MR) is 79.9 cm³/mol. The fourth-order valence-corrected chi connectivity index (χ4v) is 4.45. The Morgan fingerprint density at radius 2 is 1.95 bits per heavy atom. The van der Waals surface area contributed by atoms with E-state index in [9.17, 15) is 13.5 Å². The molecule has 19 heavy (non-hydrogen) atoms. The predicted octanol–water partition coefficient (Wildman–Crippen LogP) is 3.02. The molecule has 3 nitrogen and oxygen atoms in total. The maximum absolute atomic E-state index is 11.5. The molecule has 0 aromatic rings. The molecule has 0 spiro atoms. The molecule has 0 radical (unpaired) electrons. The first-order valence-electron chi connectivity index (χ1n) is 7.63. The lowest BCUT2D eigenvalue weighted by atomic mass is 9.65. The van der Waals surface area contributed by atoms with E-state index in [-0.39, 0.29) is 11.5 Å². The Hall–Kier alpha value is -0.0900. The van der Waals surface area contributed by atoms with E-state index in [1.807, 2.05) is 0 Å². The van der Waals surface area contributed by atoms with Crippen molar-refractivity contribution in [2.45, 2.75) is 65.4 Å². The van der Waals surface area contributed by atoms with E-state index in [2.05, 4.69) is 20.8 Å². The lowest BCUT2D eigenvalue weighted by Crippen LogP contribution is -2.45. The normalized spacial score (nSPS) is 32.7. The summed E-state index contributed by atoms with van der Waals surface area (Å²) in [6, 6.07) is 0. The fraction of sp³-hybridized carbons (Fsp3) is 1.00. The number of hydrogen-bond donors (Lipinski definition) is 1. The van der Waals surface area contributed by atoms with Crippen molar-refractivity contribution in [3.63, 3.8) is 0 Å². The van der Waals surface area contributed by atoms with Crippen molar-refractivity contribution in [3.8, 4) is 0 Å². The molecule has 1 rings (SSSR count). The van der Waals surface area contributed by atoms with Gasteiger partial charge in [-0.1, -0.05) is 34.1 Å². The minimum atomic E-state index is -2.91. The van der Waals surface area contributed by atoms with E-state index in [1.165, 1.54) is 6.42 Å². The molecule has 3 unspecified atom stereocenters. The minimum Gasteiger partial charge on any atom is -0.390 e. The van der Waals surface area contributed by atoms with Gasteiger partial charge in [0.05, 0.1) is 11.4 Å². The molecular formula is C15H30O3S. The molecule has 0 aromatic carbocycles. The van der Waals surface area contributed by atoms with Crippen molar-refractivity contribution >= 4 is 9.84 Å². The largest absolute Gasteiger partial charge is 0.390 e. The maximum atomic E-state index is 11.5. The van der Waals surface area contributed by atoms with Crippen LogP contribution >= 0.6 is 0 Å². The summed E-state index contributed by atoms with van der Waals surface area (Å²) >= 11 is 0. The van der Waals surface area contributed by atoms with Crippen molar-refractivity contribution in [2.75, 3.05) is 11.5 Å². The zero-order valence-corrected chi connectivity index (χ0v) is 13.7. The van der Waals surface area contributed by atoms with Crippen LogP contribution in [0.2, 0.25) is 0 Å². The molecule has 1 aliphatic rings. The van der Waals surface area contributed by atoms with E-state index < -0.39 is 15.4 Å². The fourth-order valence-electron chi connectivity index (χ4n) is 3.57. The highest BCUT2D eigenvalue weighted by atomic mass is 32.2. The SMILES string of the molecule is CCS(=O)(=O)CCCC1(O)CC(C)CCC1C(C)C. The highest BCUT2D eigenvalue weighted by Gasteiger charge is 2.42. The van der Waals surface area contributed by atoms with Crippen LogP contribution in [-0.2, 0) is 9.84 Å². The molecule has 1 saturated carbocycles. The van der Waals surface area contributed by atoms with Gasteiger partial charge in [0.15, 0.2) is 0 Å². The molecule has 114 valence electrons. The number of hydrogen-bond acceptors (Lipinski definition) is 3. The Bertz CT molecular complexity index is 375. The third kappa shape index (κ3) is 4.75. The first-order valence-corrected chi connectivity index (χ1v) is 9.45. The molecule has 1 aliphatic carbocycles. The Labute approximate surface area is 118 Å². The van der Waals surface area contributed by atoms with Gasteiger partial charge in [-0.25, -0.2) is 8.42 Å². The minimum absolute atomic E-state index is 0.204. The molecule has 1 N–H and O–H groups in total. The van der Waals surface area contributed by atoms with Gasteiger partial charge in [0.2, 0.25) is 0 Å². The zero-order chi connectivity index (χ0) is 14.7. The molecule has 4 heteroatoms. The van der Waals surface area contributed by atoms with Crippen LogP contribution in [0.3, 0.4) is 0 Å². The average molecular weight is 290 g/mol. The smallest absolute Gasteiger partial charge is 0.150 e. The van der Waals surface area contributed by atoms with E-state index in [0.717, 1.165) is 12.8 Å². The topological polar surface area (TPSA) is 54.4 Å². The summed E-state index contributed by atoms with van der Waals surface area (Å²) in [5.41, 5.74) is -0.658. The third-order valence-corrected chi connectivity index (χ3v) is 6.46. The van der Waals surface area contributed by atoms with Crippen LogP contribution in [0.5, 0.6) is 0 Å². The molecular weight excluding hydrogens is 260 g/mol. The van der Waals surface area contributed by atoms with Crippen molar-refractivity contribution in [3.05, 3.63) is 0 Å². The van der Waals surface area contributed by atoms with Crippen LogP contribution in [0.4, 0.5) is 0 Å². The first kappa shape index (κ1) is 17.0. The van der Waals surface area contributed by atoms with Crippen molar-refractivity contribution < 1.29 is 13.5 Å². The summed E-state index contributed by atoms with van der Waals surface area (Å²) in [6.45, 7) is 8.19. The summed E-state index contributed by atoms with van der Waals surface area (Å²) in [6.07, 6.45) is 4.28. The Balaban J connectivity index is 2.64. The maximum Gasteiger partial charge on any atom is 0.150 e. The van der Waals surface area contributed by atoms with E-state index in [4.69, 9.17) is 0 Å². The summed E-state index contributed by atoms with van der Waals surface area (Å²) in [4.78, 5) is 0. The zero-order valence-electron chi connectivity index (χ0n) is 12.9. The van der Waals surface area contributed by atoms with Crippen molar-refractivity contribution in [1.29, 1.82) is 0 Å². The second kappa shape index (κ2) is 6.57. The van der Waals surface area contributed by atoms with Gasteiger partial charge in [-0.2, -0.15) is 0 Å². The second-order valence-electron chi connectivity index (χ2n) is 6.68. The average Bonchev–Trinajstić information content (AvgIpc) is 2.27. The van der Waals surface area contributed by atoms with Gasteiger partial charge in [0, 0.05) is 5.75 Å². The third-order valence-electron chi connectivity index (χ3n) is 4.67. The Morgan fingerprint density at radius 3 is 2.47 bits per heavy atom. The van der Waals surface area contributed by atoms with Crippen LogP contribution in [0.15, 0.2) is 0 Å². The summed E-state index contributed by atoms with van der Waals surface area (Å²) in [5, 5.41) is 10.9. The highest BCUT2D eigenvalue weighted by Crippen LogP contribution is 2.43. The van der Waals surface area contributed by atoms with Gasteiger partial charge in [-0.05, 0) is 43.4 Å². The summed E-state index contributed by atoms with van der Waals surface area (Å²) in [5.74, 6) is 1.73. The summed E-state index contributed by atoms with van der Waals surface area (Å²) in [7, 11) is -2.91. The lowest BCUT2D eigenvalue weighted by molar-refractivity contribution is -0.0859. The van der Waals surface area contributed by atoms with Gasteiger partial charge >= 0.3 is 0 Å². The van der Waals surface area contributed by atoms with Crippen molar-refractivity contribution in [2.24, 2.45) is 17.8 Å². The lowest BCUT2D eigenvalue weighted by Gasteiger charge is -2.45. The molecule has 0 bridgehead atoms. The Morgan fingerprint density at radius 1 is 1.32 bits per heavy atom. The van der Waals surface area contributed by atoms with Crippen LogP contribution in [0, 0.1) is 17.8 Å². The second-order valence-corrected chi connectivity index (χ2v) is 9.15.